The molecule has 0 spiro atoms. The summed E-state index contributed by atoms with van der Waals surface area (Å²) in [5.74, 6) is -0.576. The van der Waals surface area contributed by atoms with Crippen molar-refractivity contribution < 1.29 is 17.6 Å². The molecule has 0 atom stereocenters. The number of hydrogen-bond acceptors (Lipinski definition) is 3. The second-order valence-corrected chi connectivity index (χ2v) is 7.11. The Bertz CT molecular complexity index is 989. The number of nitrogens with zero attached hydrogens (tertiary/aromatic N) is 1. The van der Waals surface area contributed by atoms with Gasteiger partial charge in [0.25, 0.3) is 10.0 Å². The van der Waals surface area contributed by atoms with Gasteiger partial charge in [-0.1, -0.05) is 17.7 Å². The zero-order valence-electron chi connectivity index (χ0n) is 12.4. The van der Waals surface area contributed by atoms with E-state index in [0.717, 1.165) is 15.6 Å². The number of halogens is 1. The van der Waals surface area contributed by atoms with Crippen LogP contribution in [0.15, 0.2) is 53.6 Å². The van der Waals surface area contributed by atoms with E-state index in [4.69, 9.17) is 0 Å². The molecule has 3 rings (SSSR count). The maximum Gasteiger partial charge on any atom is 0.268 e. The van der Waals surface area contributed by atoms with Crippen LogP contribution in [0.4, 0.5) is 4.39 Å². The Labute approximate surface area is 133 Å². The van der Waals surface area contributed by atoms with Crippen molar-refractivity contribution in [2.24, 2.45) is 0 Å². The lowest BCUT2D eigenvalue weighted by Gasteiger charge is -2.09. The predicted octanol–water partition coefficient (Wildman–Crippen LogP) is 3.07. The molecule has 0 saturated heterocycles. The van der Waals surface area contributed by atoms with E-state index >= 15 is 0 Å². The molecular formula is C17H14FNO3S. The molecule has 0 aliphatic carbocycles. The highest BCUT2D eigenvalue weighted by atomic mass is 32.2. The van der Waals surface area contributed by atoms with E-state index in [1.165, 1.54) is 24.4 Å². The zero-order chi connectivity index (χ0) is 16.6. The van der Waals surface area contributed by atoms with E-state index in [1.807, 2.05) is 6.92 Å². The molecule has 118 valence electrons. The Morgan fingerprint density at radius 3 is 2.48 bits per heavy atom. The predicted molar refractivity (Wildman–Crippen MR) is 85.4 cm³/mol. The Morgan fingerprint density at radius 2 is 1.83 bits per heavy atom. The van der Waals surface area contributed by atoms with Crippen LogP contribution in [0.5, 0.6) is 0 Å². The maximum absolute atomic E-state index is 13.8. The van der Waals surface area contributed by atoms with Gasteiger partial charge in [-0.05, 0) is 42.8 Å². The average Bonchev–Trinajstić information content (AvgIpc) is 2.92. The van der Waals surface area contributed by atoms with Crippen LogP contribution in [-0.2, 0) is 21.2 Å². The van der Waals surface area contributed by atoms with Gasteiger partial charge in [-0.15, -0.1) is 0 Å². The fourth-order valence-electron chi connectivity index (χ4n) is 2.55. The zero-order valence-corrected chi connectivity index (χ0v) is 13.2. The highest BCUT2D eigenvalue weighted by molar-refractivity contribution is 7.90. The molecule has 0 unspecified atom stereocenters. The van der Waals surface area contributed by atoms with Crippen LogP contribution in [0, 0.1) is 12.7 Å². The van der Waals surface area contributed by atoms with Gasteiger partial charge in [0.15, 0.2) is 0 Å². The van der Waals surface area contributed by atoms with Gasteiger partial charge in [0.2, 0.25) is 0 Å². The first kappa shape index (κ1) is 15.4. The SMILES string of the molecule is Cc1ccc(S(=O)(=O)n2ccc3c(CC=O)cc(F)cc32)cc1. The van der Waals surface area contributed by atoms with Crippen molar-refractivity contribution in [3.05, 3.63) is 65.6 Å². The number of aldehydes is 1. The number of rotatable bonds is 4. The van der Waals surface area contributed by atoms with Crippen LogP contribution in [-0.4, -0.2) is 18.7 Å². The number of benzene rings is 2. The van der Waals surface area contributed by atoms with Gasteiger partial charge in [-0.3, -0.25) is 0 Å². The van der Waals surface area contributed by atoms with Crippen molar-refractivity contribution in [1.29, 1.82) is 0 Å². The second kappa shape index (κ2) is 5.62. The molecule has 23 heavy (non-hydrogen) atoms. The van der Waals surface area contributed by atoms with Crippen molar-refractivity contribution in [1.82, 2.24) is 3.97 Å². The third-order valence-electron chi connectivity index (χ3n) is 3.70. The quantitative estimate of drug-likeness (QED) is 0.691. The van der Waals surface area contributed by atoms with E-state index in [-0.39, 0.29) is 16.8 Å². The summed E-state index contributed by atoms with van der Waals surface area (Å²) in [6.45, 7) is 1.86. The molecule has 0 aliphatic heterocycles. The van der Waals surface area contributed by atoms with Crippen LogP contribution in [0.25, 0.3) is 10.9 Å². The molecule has 0 amide bonds. The summed E-state index contributed by atoms with van der Waals surface area (Å²) in [4.78, 5) is 10.9. The third kappa shape index (κ3) is 2.66. The van der Waals surface area contributed by atoms with Gasteiger partial charge in [0.1, 0.15) is 12.1 Å². The first-order valence-electron chi connectivity index (χ1n) is 6.99. The van der Waals surface area contributed by atoms with Gasteiger partial charge in [-0.2, -0.15) is 0 Å². The lowest BCUT2D eigenvalue weighted by atomic mass is 10.1. The smallest absolute Gasteiger partial charge is 0.268 e. The summed E-state index contributed by atoms with van der Waals surface area (Å²) in [7, 11) is -3.83. The number of aromatic nitrogens is 1. The molecule has 3 aromatic rings. The molecule has 2 aromatic carbocycles. The number of carbonyl (C=O) groups is 1. The number of aryl methyl sites for hydroxylation is 1. The van der Waals surface area contributed by atoms with E-state index in [1.54, 1.807) is 18.2 Å². The summed E-state index contributed by atoms with van der Waals surface area (Å²) < 4.78 is 40.4. The molecule has 0 aliphatic rings. The number of carbonyl (C=O) groups excluding carboxylic acids is 1. The number of fused-ring (bicyclic) bond motifs is 1. The van der Waals surface area contributed by atoms with Gasteiger partial charge in [-0.25, -0.2) is 16.8 Å². The Morgan fingerprint density at radius 1 is 1.13 bits per heavy atom. The van der Waals surface area contributed by atoms with Crippen LogP contribution < -0.4 is 0 Å². The van der Waals surface area contributed by atoms with E-state index in [2.05, 4.69) is 0 Å². The Hall–Kier alpha value is -2.47. The molecular weight excluding hydrogens is 317 g/mol. The first-order valence-corrected chi connectivity index (χ1v) is 8.43. The molecule has 0 fully saturated rings. The molecule has 0 saturated carbocycles. The van der Waals surface area contributed by atoms with E-state index in [9.17, 15) is 17.6 Å². The molecule has 0 N–H and O–H groups in total. The minimum atomic E-state index is -3.83. The lowest BCUT2D eigenvalue weighted by Crippen LogP contribution is -2.12. The van der Waals surface area contributed by atoms with Gasteiger partial charge < -0.3 is 4.79 Å². The fraction of sp³-hybridized carbons (Fsp3) is 0.118. The summed E-state index contributed by atoms with van der Waals surface area (Å²) in [5.41, 5.74) is 1.64. The van der Waals surface area contributed by atoms with Crippen molar-refractivity contribution in [2.75, 3.05) is 0 Å². The molecule has 1 heterocycles. The summed E-state index contributed by atoms with van der Waals surface area (Å²) in [6.07, 6.45) is 2.08. The van der Waals surface area contributed by atoms with Gasteiger partial charge >= 0.3 is 0 Å². The van der Waals surface area contributed by atoms with Crippen LogP contribution in [0.3, 0.4) is 0 Å². The van der Waals surface area contributed by atoms with E-state index in [0.29, 0.717) is 17.2 Å². The summed E-state index contributed by atoms with van der Waals surface area (Å²) in [5, 5.41) is 0.550. The van der Waals surface area contributed by atoms with Crippen molar-refractivity contribution in [3.63, 3.8) is 0 Å². The largest absolute Gasteiger partial charge is 0.303 e. The molecule has 1 aromatic heterocycles. The number of hydrogen-bond donors (Lipinski definition) is 0. The van der Waals surface area contributed by atoms with Crippen LogP contribution in [0.1, 0.15) is 11.1 Å². The van der Waals surface area contributed by atoms with E-state index < -0.39 is 15.8 Å². The maximum atomic E-state index is 13.8. The van der Waals surface area contributed by atoms with Gasteiger partial charge in [0, 0.05) is 18.0 Å². The normalized spacial score (nSPS) is 11.7. The van der Waals surface area contributed by atoms with Crippen molar-refractivity contribution in [3.8, 4) is 0 Å². The van der Waals surface area contributed by atoms with Gasteiger partial charge in [0.05, 0.1) is 10.4 Å². The molecule has 6 heteroatoms. The minimum absolute atomic E-state index is 0.0306. The minimum Gasteiger partial charge on any atom is -0.303 e. The highest BCUT2D eigenvalue weighted by Gasteiger charge is 2.20. The average molecular weight is 331 g/mol. The molecule has 0 radical (unpaired) electrons. The van der Waals surface area contributed by atoms with Crippen molar-refractivity contribution in [2.45, 2.75) is 18.2 Å². The first-order chi connectivity index (χ1) is 10.9. The fourth-order valence-corrected chi connectivity index (χ4v) is 3.89. The second-order valence-electron chi connectivity index (χ2n) is 5.30. The monoisotopic (exact) mass is 331 g/mol. The summed E-state index contributed by atoms with van der Waals surface area (Å²) in [6, 6.07) is 10.4. The summed E-state index contributed by atoms with van der Waals surface area (Å²) >= 11 is 0. The molecule has 4 nitrogen and oxygen atoms in total. The van der Waals surface area contributed by atoms with Crippen molar-refractivity contribution >= 4 is 27.2 Å². The van der Waals surface area contributed by atoms with Crippen LogP contribution in [0.2, 0.25) is 0 Å². The highest BCUT2D eigenvalue weighted by Crippen LogP contribution is 2.26. The standard InChI is InChI=1S/C17H14FNO3S/c1-12-2-4-15(5-3-12)23(21,22)19-8-6-16-13(7-9-20)10-14(18)11-17(16)19/h2-6,8-11H,7H2,1H3. The topological polar surface area (TPSA) is 56.1 Å². The third-order valence-corrected chi connectivity index (χ3v) is 5.41. The Balaban J connectivity index is 2.24. The lowest BCUT2D eigenvalue weighted by molar-refractivity contribution is -0.107. The van der Waals surface area contributed by atoms with Crippen LogP contribution >= 0.6 is 0 Å². The Kier molecular flexibility index (Phi) is 3.77. The molecule has 0 bridgehead atoms.